The van der Waals surface area contributed by atoms with Crippen LogP contribution in [0.2, 0.25) is 0 Å². The Balaban J connectivity index is 2.12. The zero-order valence-corrected chi connectivity index (χ0v) is 20.3. The largest absolute Gasteiger partial charge is 0.508 e. The van der Waals surface area contributed by atoms with E-state index in [1.807, 2.05) is 6.92 Å². The number of carboxylic acid groups (broad SMARTS) is 1. The van der Waals surface area contributed by atoms with Crippen LogP contribution in [0.3, 0.4) is 0 Å². The number of hydrogen-bond donors (Lipinski definition) is 3. The number of allylic oxidation sites excluding steroid dienone is 2. The highest BCUT2D eigenvalue weighted by atomic mass is 16.4. The number of phenols is 2. The van der Waals surface area contributed by atoms with E-state index in [2.05, 4.69) is 27.7 Å². The number of carbonyl (C=O) groups excluding carboxylic acids is 1. The average Bonchev–Trinajstić information content (AvgIpc) is 2.71. The van der Waals surface area contributed by atoms with Gasteiger partial charge in [-0.1, -0.05) is 31.9 Å². The standard InChI is InChI=1S/C27H38O5/c1-15(2)19-7-9-22-26(5,21(19)8-10-23(29)30)12-11-17(4)27(22,6)25(32)20-14-18(28)13-16(3)24(20)31/h13-14,17,21-22,28,31H,7-12H2,1-6H3,(H,29,30)/t17-,21+,22-,26-,27-/m0/s1. The summed E-state index contributed by atoms with van der Waals surface area (Å²) in [5.41, 5.74) is 2.38. The number of benzene rings is 1. The van der Waals surface area contributed by atoms with Gasteiger partial charge in [0.1, 0.15) is 11.5 Å². The second-order valence-electron chi connectivity index (χ2n) is 10.8. The van der Waals surface area contributed by atoms with Gasteiger partial charge >= 0.3 is 5.97 Å². The molecule has 3 N–H and O–H groups in total. The monoisotopic (exact) mass is 442 g/mol. The van der Waals surface area contributed by atoms with Crippen molar-refractivity contribution in [1.29, 1.82) is 0 Å². The summed E-state index contributed by atoms with van der Waals surface area (Å²) < 4.78 is 0. The smallest absolute Gasteiger partial charge is 0.303 e. The summed E-state index contributed by atoms with van der Waals surface area (Å²) in [5.74, 6) is -0.674. The predicted molar refractivity (Wildman–Crippen MR) is 125 cm³/mol. The maximum Gasteiger partial charge on any atom is 0.303 e. The van der Waals surface area contributed by atoms with E-state index in [4.69, 9.17) is 0 Å². The minimum absolute atomic E-state index is 0.0201. The number of aliphatic carboxylic acids is 1. The number of phenolic OH excluding ortho intramolecular Hbond substituents is 2. The van der Waals surface area contributed by atoms with Crippen LogP contribution >= 0.6 is 0 Å². The molecule has 2 aliphatic rings. The number of carbonyl (C=O) groups is 2. The fraction of sp³-hybridized carbons (Fsp3) is 0.630. The lowest BCUT2D eigenvalue weighted by Gasteiger charge is -2.60. The van der Waals surface area contributed by atoms with E-state index in [1.54, 1.807) is 6.92 Å². The average molecular weight is 443 g/mol. The number of aryl methyl sites for hydroxylation is 1. The summed E-state index contributed by atoms with van der Waals surface area (Å²) >= 11 is 0. The van der Waals surface area contributed by atoms with Crippen LogP contribution in [0.25, 0.3) is 0 Å². The van der Waals surface area contributed by atoms with Gasteiger partial charge in [-0.3, -0.25) is 9.59 Å². The maximum atomic E-state index is 14.1. The van der Waals surface area contributed by atoms with E-state index < -0.39 is 11.4 Å². The highest BCUT2D eigenvalue weighted by Crippen LogP contribution is 2.65. The molecule has 0 bridgehead atoms. The van der Waals surface area contributed by atoms with E-state index in [9.17, 15) is 24.9 Å². The number of fused-ring (bicyclic) bond motifs is 1. The van der Waals surface area contributed by atoms with Gasteiger partial charge in [-0.05, 0) is 93.7 Å². The lowest BCUT2D eigenvalue weighted by Crippen LogP contribution is -2.56. The van der Waals surface area contributed by atoms with E-state index in [0.29, 0.717) is 12.0 Å². The molecule has 3 rings (SSSR count). The fourth-order valence-corrected chi connectivity index (χ4v) is 6.92. The third-order valence-corrected chi connectivity index (χ3v) is 8.89. The molecular formula is C27H38O5. The Morgan fingerprint density at radius 2 is 1.78 bits per heavy atom. The van der Waals surface area contributed by atoms with Gasteiger partial charge in [0.15, 0.2) is 5.78 Å². The van der Waals surface area contributed by atoms with Crippen molar-refractivity contribution in [3.8, 4) is 11.5 Å². The van der Waals surface area contributed by atoms with Crippen LogP contribution < -0.4 is 0 Å². The van der Waals surface area contributed by atoms with Crippen LogP contribution in [0.4, 0.5) is 0 Å². The van der Waals surface area contributed by atoms with Gasteiger partial charge in [0.2, 0.25) is 0 Å². The molecule has 32 heavy (non-hydrogen) atoms. The van der Waals surface area contributed by atoms with Crippen LogP contribution in [0.15, 0.2) is 23.3 Å². The highest BCUT2D eigenvalue weighted by molar-refractivity contribution is 6.03. The number of rotatable bonds is 5. The van der Waals surface area contributed by atoms with Crippen molar-refractivity contribution in [3.05, 3.63) is 34.4 Å². The Morgan fingerprint density at radius 1 is 1.12 bits per heavy atom. The van der Waals surface area contributed by atoms with Crippen molar-refractivity contribution in [2.45, 2.75) is 80.1 Å². The minimum Gasteiger partial charge on any atom is -0.508 e. The number of Topliss-reactive ketones (excluding diaryl/α,β-unsaturated/α-hetero) is 1. The quantitative estimate of drug-likeness (QED) is 0.284. The Kier molecular flexibility index (Phi) is 6.52. The Morgan fingerprint density at radius 3 is 2.38 bits per heavy atom. The SMILES string of the molecule is CC(C)=C1CC[C@H]2[C@@](C)(CC[C@H](C)[C@]2(C)C(=O)c2cc(O)cc(C)c2O)[C@@H]1CCC(=O)O. The molecule has 1 aromatic rings. The van der Waals surface area contributed by atoms with E-state index in [-0.39, 0.29) is 52.4 Å². The minimum atomic E-state index is -0.785. The lowest BCUT2D eigenvalue weighted by molar-refractivity contribution is -0.138. The Hall–Kier alpha value is -2.30. The van der Waals surface area contributed by atoms with Crippen LogP contribution in [-0.4, -0.2) is 27.1 Å². The maximum absolute atomic E-state index is 14.1. The second kappa shape index (κ2) is 8.57. The molecule has 0 unspecified atom stereocenters. The van der Waals surface area contributed by atoms with Crippen molar-refractivity contribution in [2.75, 3.05) is 0 Å². The summed E-state index contributed by atoms with van der Waals surface area (Å²) in [5, 5.41) is 30.2. The molecule has 2 aliphatic carbocycles. The Labute approximate surface area is 191 Å². The first-order chi connectivity index (χ1) is 14.8. The molecule has 5 atom stereocenters. The summed E-state index contributed by atoms with van der Waals surface area (Å²) in [6.07, 6.45) is 4.26. The first kappa shape index (κ1) is 24.3. The topological polar surface area (TPSA) is 94.8 Å². The van der Waals surface area contributed by atoms with Gasteiger partial charge in [0, 0.05) is 11.8 Å². The first-order valence-electron chi connectivity index (χ1n) is 11.8. The third-order valence-electron chi connectivity index (χ3n) is 8.89. The number of carboxylic acids is 1. The van der Waals surface area contributed by atoms with Crippen LogP contribution in [-0.2, 0) is 4.79 Å². The molecule has 5 nitrogen and oxygen atoms in total. The van der Waals surface area contributed by atoms with Gasteiger partial charge < -0.3 is 15.3 Å². The molecule has 176 valence electrons. The van der Waals surface area contributed by atoms with Crippen LogP contribution in [0.1, 0.15) is 89.1 Å². The second-order valence-corrected chi connectivity index (χ2v) is 10.8. The molecule has 2 fully saturated rings. The number of ketones is 1. The van der Waals surface area contributed by atoms with Gasteiger partial charge in [0.05, 0.1) is 5.56 Å². The van der Waals surface area contributed by atoms with E-state index in [1.165, 1.54) is 23.3 Å². The molecule has 0 spiro atoms. The fourth-order valence-electron chi connectivity index (χ4n) is 6.92. The van der Waals surface area contributed by atoms with E-state index >= 15 is 0 Å². The zero-order chi connectivity index (χ0) is 24.0. The van der Waals surface area contributed by atoms with Gasteiger partial charge in [-0.15, -0.1) is 0 Å². The molecule has 0 aromatic heterocycles. The van der Waals surface area contributed by atoms with Crippen LogP contribution in [0, 0.1) is 35.5 Å². The van der Waals surface area contributed by atoms with Crippen LogP contribution in [0.5, 0.6) is 11.5 Å². The van der Waals surface area contributed by atoms with Crippen molar-refractivity contribution in [2.24, 2.45) is 28.6 Å². The molecule has 0 heterocycles. The summed E-state index contributed by atoms with van der Waals surface area (Å²) in [6, 6.07) is 2.85. The highest BCUT2D eigenvalue weighted by Gasteiger charge is 2.60. The van der Waals surface area contributed by atoms with Gasteiger partial charge in [0.25, 0.3) is 0 Å². The van der Waals surface area contributed by atoms with Crippen molar-refractivity contribution in [1.82, 2.24) is 0 Å². The molecule has 0 saturated heterocycles. The molecular weight excluding hydrogens is 404 g/mol. The third kappa shape index (κ3) is 3.84. The van der Waals surface area contributed by atoms with E-state index in [0.717, 1.165) is 25.7 Å². The van der Waals surface area contributed by atoms with Gasteiger partial charge in [-0.2, -0.15) is 0 Å². The molecule has 1 aromatic carbocycles. The normalized spacial score (nSPS) is 32.3. The molecule has 0 aliphatic heterocycles. The Bertz CT molecular complexity index is 957. The summed E-state index contributed by atoms with van der Waals surface area (Å²) in [7, 11) is 0. The van der Waals surface area contributed by atoms with Crippen molar-refractivity contribution >= 4 is 11.8 Å². The molecule has 5 heteroatoms. The summed E-state index contributed by atoms with van der Waals surface area (Å²) in [6.45, 7) is 12.3. The van der Waals surface area contributed by atoms with Gasteiger partial charge in [-0.25, -0.2) is 0 Å². The van der Waals surface area contributed by atoms with Crippen molar-refractivity contribution < 1.29 is 24.9 Å². The molecule has 2 saturated carbocycles. The molecule has 0 radical (unpaired) electrons. The zero-order valence-electron chi connectivity index (χ0n) is 20.3. The number of hydrogen-bond acceptors (Lipinski definition) is 4. The van der Waals surface area contributed by atoms with Crippen molar-refractivity contribution in [3.63, 3.8) is 0 Å². The summed E-state index contributed by atoms with van der Waals surface area (Å²) in [4.78, 5) is 25.5. The predicted octanol–water partition coefficient (Wildman–Crippen LogP) is 6.26. The molecule has 0 amide bonds. The number of aromatic hydroxyl groups is 2. The lowest BCUT2D eigenvalue weighted by atomic mass is 9.43. The first-order valence-corrected chi connectivity index (χ1v) is 11.8.